The lowest BCUT2D eigenvalue weighted by Gasteiger charge is -0.701. The molecule has 0 saturated heterocycles. The van der Waals surface area contributed by atoms with E-state index >= 15 is 0 Å². The summed E-state index contributed by atoms with van der Waals surface area (Å²) in [7, 11) is 0. The van der Waals surface area contributed by atoms with Crippen LogP contribution in [0.4, 0.5) is 0 Å². The molecule has 0 aromatic rings. The Balaban J connectivity index is -0.000000000921. The average Bonchev–Trinajstić information content (AvgIpc) is 2.33. The molecular weight excluding hydrogens is 300 g/mol. The molecule has 25 heavy (non-hydrogen) atoms. The summed E-state index contributed by atoms with van der Waals surface area (Å²) in [6, 6.07) is 0. The van der Waals surface area contributed by atoms with Crippen LogP contribution in [0.3, 0.4) is 0 Å². The highest BCUT2D eigenvalue weighted by Gasteiger charge is 0.464. The van der Waals surface area contributed by atoms with Gasteiger partial charge in [0.2, 0.25) is 0 Å². The maximum absolute atomic E-state index is 4.00. The van der Waals surface area contributed by atoms with Crippen LogP contribution < -0.4 is 0 Å². The minimum absolute atomic E-state index is 0. The van der Waals surface area contributed by atoms with Crippen molar-refractivity contribution in [2.75, 3.05) is 0 Å². The van der Waals surface area contributed by atoms with Crippen LogP contribution in [0.25, 0.3) is 0 Å². The lowest BCUT2D eigenvalue weighted by molar-refractivity contribution is 2.50. The fraction of sp³-hybridized carbons (Fsp3) is 0.520. The monoisotopic (exact) mass is 365 g/mol. The highest BCUT2D eigenvalue weighted by Crippen LogP contribution is 0.589. The summed E-state index contributed by atoms with van der Waals surface area (Å²) in [5.74, 6) is 0. The maximum Gasteiger partial charge on any atom is -0.0776 e. The van der Waals surface area contributed by atoms with Crippen molar-refractivity contribution in [2.24, 2.45) is 0 Å². The molecule has 0 nitrogen and oxygen atoms in total. The largest absolute Gasteiger partial charge is 0.124 e. The van der Waals surface area contributed by atoms with Crippen molar-refractivity contribution in [2.45, 2.75) is 96.5 Å². The summed E-state index contributed by atoms with van der Waals surface area (Å²) in [5, 5.41) is 0. The Labute approximate surface area is 174 Å². The normalized spacial score (nSPS) is 0.480. The highest BCUT2D eigenvalue weighted by atomic mass is 12.6. The van der Waals surface area contributed by atoms with E-state index in [4.69, 9.17) is 0 Å². The Kier molecular flexibility index (Phi) is 45900. The highest BCUT2D eigenvalue weighted by molar-refractivity contribution is 4.48. The van der Waals surface area contributed by atoms with Crippen molar-refractivity contribution in [1.82, 2.24) is 0 Å². The Morgan fingerprint density at radius 2 is 0.120 bits per heavy atom. The van der Waals surface area contributed by atoms with E-state index in [1.165, 1.54) is 0 Å². The molecule has 0 rings (SSSR count). The fourth-order valence-corrected chi connectivity index (χ4v) is 0. The number of hydrogen-bond acceptors (Lipinski definition) is 0. The first-order valence-corrected chi connectivity index (χ1v) is 2.00. The molecule has 0 saturated carbocycles. The summed E-state index contributed by atoms with van der Waals surface area (Å²) >= 11 is 0. The first-order valence-electron chi connectivity index (χ1n) is 2.00. The number of terminal acetylenes is 6. The molecule has 0 fully saturated rings. The van der Waals surface area contributed by atoms with Gasteiger partial charge < -0.3 is 0 Å². The van der Waals surface area contributed by atoms with E-state index < -0.39 is 0 Å². The predicted octanol–water partition coefficient (Wildman–Crippen LogP) is 9.77. The SMILES string of the molecule is C.C.C.C.C.C.C.C.C.C.C.C.C.C#C.C#C.C#C.C#C.C#C.C#C. The molecule has 0 heterocycles. The van der Waals surface area contributed by atoms with Crippen LogP contribution in [-0.4, -0.2) is 0 Å². The summed E-state index contributed by atoms with van der Waals surface area (Å²) < 4.78 is 0. The second kappa shape index (κ2) is 1270. The van der Waals surface area contributed by atoms with Gasteiger partial charge in [0.15, 0.2) is 0 Å². The van der Waals surface area contributed by atoms with Crippen LogP contribution in [0.1, 0.15) is 96.5 Å². The van der Waals surface area contributed by atoms with Gasteiger partial charge >= 0.3 is 0 Å². The zero-order valence-electron chi connectivity index (χ0n) is 6.93. The molecule has 0 bridgehead atoms. The van der Waals surface area contributed by atoms with E-state index in [1.54, 1.807) is 0 Å². The van der Waals surface area contributed by atoms with Crippen LogP contribution in [0.15, 0.2) is 0 Å². The zero-order valence-corrected chi connectivity index (χ0v) is 6.93. The summed E-state index contributed by atoms with van der Waals surface area (Å²) in [4.78, 5) is 0. The second-order valence-electron chi connectivity index (χ2n) is 0. The summed E-state index contributed by atoms with van der Waals surface area (Å²) in [6.45, 7) is 0. The Bertz CT molecular complexity index is 75.1. The van der Waals surface area contributed by atoms with E-state index in [0.717, 1.165) is 0 Å². The standard InChI is InChI=1S/6C2H2.13CH4/c6*1-2;;;;;;;;;;;;;/h6*1-2H;13*1H4. The molecule has 0 heteroatoms. The number of rotatable bonds is 0. The van der Waals surface area contributed by atoms with Gasteiger partial charge in [0.1, 0.15) is 0 Å². The van der Waals surface area contributed by atoms with E-state index in [-0.39, 0.29) is 96.5 Å². The van der Waals surface area contributed by atoms with Gasteiger partial charge in [-0.2, -0.15) is 0 Å². The fourth-order valence-electron chi connectivity index (χ4n) is 0. The van der Waals surface area contributed by atoms with Crippen LogP contribution in [0.2, 0.25) is 0 Å². The smallest absolute Gasteiger partial charge is 0.0776 e. The Morgan fingerprint density at radius 1 is 0.120 bits per heavy atom. The summed E-state index contributed by atoms with van der Waals surface area (Å²) in [6.07, 6.45) is 48.0. The van der Waals surface area contributed by atoms with Crippen molar-refractivity contribution in [3.05, 3.63) is 0 Å². The van der Waals surface area contributed by atoms with Crippen LogP contribution in [0, 0.1) is 77.1 Å². The van der Waals surface area contributed by atoms with Crippen molar-refractivity contribution in [3.8, 4) is 77.1 Å². The van der Waals surface area contributed by atoms with Gasteiger partial charge in [0.25, 0.3) is 0 Å². The summed E-state index contributed by atoms with van der Waals surface area (Å²) in [5.41, 5.74) is 0. The van der Waals surface area contributed by atoms with E-state index in [9.17, 15) is 0 Å². The second-order valence-corrected chi connectivity index (χ2v) is 0. The topological polar surface area (TPSA) is 0 Å². The van der Waals surface area contributed by atoms with Gasteiger partial charge in [-0.3, -0.25) is 0 Å². The third kappa shape index (κ3) is 1150. The van der Waals surface area contributed by atoms with E-state index in [2.05, 4.69) is 77.1 Å². The molecule has 0 aliphatic heterocycles. The van der Waals surface area contributed by atoms with Crippen LogP contribution in [-0.2, 0) is 0 Å². The molecule has 164 valence electrons. The molecule has 0 aromatic carbocycles. The maximum atomic E-state index is 4.00. The lowest BCUT2D eigenvalue weighted by atomic mass is 11.4. The molecule has 0 N–H and O–H groups in total. The van der Waals surface area contributed by atoms with Crippen LogP contribution in [0.5, 0.6) is 0 Å². The van der Waals surface area contributed by atoms with Crippen molar-refractivity contribution in [1.29, 1.82) is 0 Å². The molecule has 0 spiro atoms. The van der Waals surface area contributed by atoms with E-state index in [0.29, 0.717) is 0 Å². The number of hydrogen-bond donors (Lipinski definition) is 0. The van der Waals surface area contributed by atoms with E-state index in [1.807, 2.05) is 0 Å². The van der Waals surface area contributed by atoms with Gasteiger partial charge in [0.05, 0.1) is 0 Å². The van der Waals surface area contributed by atoms with Gasteiger partial charge in [-0.25, -0.2) is 0 Å². The lowest BCUT2D eigenvalue weighted by Crippen LogP contribution is -0.576. The molecule has 0 aromatic heterocycles. The minimum atomic E-state index is 0. The Morgan fingerprint density at radius 3 is 0.120 bits per heavy atom. The molecule has 0 radical (unpaired) electrons. The minimum Gasteiger partial charge on any atom is -0.124 e. The quantitative estimate of drug-likeness (QED) is 0.375. The van der Waals surface area contributed by atoms with Crippen molar-refractivity contribution in [3.63, 3.8) is 0 Å². The first kappa shape index (κ1) is 904. The predicted molar refractivity (Wildman–Crippen MR) is 147 cm³/mol. The molecule has 0 aliphatic rings. The molecular formula is C25H64. The first-order chi connectivity index (χ1) is 6.00. The molecule has 0 unspecified atom stereocenters. The van der Waals surface area contributed by atoms with Crippen molar-refractivity contribution < 1.29 is 0 Å². The molecule has 0 amide bonds. The zero-order chi connectivity index (χ0) is 12.0. The molecule has 0 aliphatic carbocycles. The average molecular weight is 365 g/mol. The van der Waals surface area contributed by atoms with Gasteiger partial charge in [-0.1, -0.05) is 96.5 Å². The third-order valence-electron chi connectivity index (χ3n) is 0. The van der Waals surface area contributed by atoms with Crippen molar-refractivity contribution >= 4 is 0 Å². The van der Waals surface area contributed by atoms with Gasteiger partial charge in [-0.15, -0.1) is 77.1 Å². The molecule has 0 atom stereocenters. The third-order valence-corrected chi connectivity index (χ3v) is 0. The van der Waals surface area contributed by atoms with Crippen LogP contribution >= 0.6 is 0 Å². The van der Waals surface area contributed by atoms with Gasteiger partial charge in [-0.05, 0) is 0 Å². The van der Waals surface area contributed by atoms with Gasteiger partial charge in [0, 0.05) is 0 Å². The Hall–Kier alpha value is -2.64.